The fraction of sp³-hybridized carbons (Fsp3) is 0.353. The van der Waals surface area contributed by atoms with E-state index in [-0.39, 0.29) is 23.5 Å². The van der Waals surface area contributed by atoms with Crippen LogP contribution in [-0.2, 0) is 14.3 Å². The summed E-state index contributed by atoms with van der Waals surface area (Å²) in [7, 11) is 0. The third-order valence-electron chi connectivity index (χ3n) is 8.31. The highest BCUT2D eigenvalue weighted by molar-refractivity contribution is 6.18. The fourth-order valence-corrected chi connectivity index (χ4v) is 6.40. The van der Waals surface area contributed by atoms with Crippen LogP contribution in [0.4, 0.5) is 11.6 Å². The molecular weight excluding hydrogens is 546 g/mol. The van der Waals surface area contributed by atoms with Crippen molar-refractivity contribution < 1.29 is 23.1 Å². The van der Waals surface area contributed by atoms with Gasteiger partial charge in [-0.1, -0.05) is 30.3 Å². The number of fused-ring (bicyclic) bond motifs is 4. The molecule has 43 heavy (non-hydrogen) atoms. The van der Waals surface area contributed by atoms with Crippen molar-refractivity contribution in [3.05, 3.63) is 70.9 Å². The Bertz CT molecular complexity index is 1860. The highest BCUT2D eigenvalue weighted by atomic mass is 16.5. The predicted molar refractivity (Wildman–Crippen MR) is 168 cm³/mol. The number of carbonyl (C=O) groups is 1. The number of carbonyl (C=O) groups excluding carboxylic acids is 1. The lowest BCUT2D eigenvalue weighted by atomic mass is 9.99. The molecule has 9 nitrogen and oxygen atoms in total. The number of hydrogen-bond acceptors (Lipinski definition) is 8. The van der Waals surface area contributed by atoms with Gasteiger partial charge in [-0.2, -0.15) is 0 Å². The Labute approximate surface area is 248 Å². The molecule has 5 aromatic rings. The van der Waals surface area contributed by atoms with Gasteiger partial charge in [0.05, 0.1) is 41.9 Å². The van der Waals surface area contributed by atoms with Gasteiger partial charge >= 0.3 is 0 Å². The molecule has 1 N–H and O–H groups in total. The molecule has 3 aromatic carbocycles. The molecule has 9 heteroatoms. The Hall–Kier alpha value is -4.18. The Morgan fingerprint density at radius 3 is 2.44 bits per heavy atom. The zero-order valence-electron chi connectivity index (χ0n) is 24.4. The number of para-hydroxylation sites is 2. The van der Waals surface area contributed by atoms with Crippen LogP contribution in [-0.4, -0.2) is 69.0 Å². The maximum Gasteiger partial charge on any atom is 0.225 e. The predicted octanol–water partition coefficient (Wildman–Crippen LogP) is 5.63. The highest BCUT2D eigenvalue weighted by Crippen LogP contribution is 2.42. The van der Waals surface area contributed by atoms with Gasteiger partial charge in [-0.25, -0.2) is 0 Å². The van der Waals surface area contributed by atoms with Crippen LogP contribution in [0.3, 0.4) is 0 Å². The topological polar surface area (TPSA) is 97.4 Å². The second kappa shape index (κ2) is 11.5. The van der Waals surface area contributed by atoms with E-state index in [1.807, 2.05) is 53.4 Å². The van der Waals surface area contributed by atoms with Gasteiger partial charge in [-0.15, -0.1) is 0 Å². The zero-order chi connectivity index (χ0) is 29.5. The minimum atomic E-state index is -0.0987. The summed E-state index contributed by atoms with van der Waals surface area (Å²) < 4.78 is 24.2. The van der Waals surface area contributed by atoms with E-state index in [2.05, 4.69) is 24.1 Å². The molecular formula is C34H35N3O6. The number of nitrogens with zero attached hydrogens (tertiary/aromatic N) is 2. The number of nitrogens with one attached hydrogen (secondary N) is 1. The maximum atomic E-state index is 13.2. The number of anilines is 2. The van der Waals surface area contributed by atoms with Crippen molar-refractivity contribution in [3.63, 3.8) is 0 Å². The molecule has 222 valence electrons. The second-order valence-electron chi connectivity index (χ2n) is 11.5. The SMILES string of the molecule is C[C@@H]1CN(CCC(=O)Nc2ccc(-c3cccc4c(=O)cc(N5CCOCC5)oc34)c3oc4ccccc4c23)C[C@H](C)O1. The van der Waals surface area contributed by atoms with Gasteiger partial charge in [0, 0.05) is 61.7 Å². The first-order valence-corrected chi connectivity index (χ1v) is 15.0. The van der Waals surface area contributed by atoms with Crippen LogP contribution >= 0.6 is 0 Å². The van der Waals surface area contributed by atoms with Crippen LogP contribution in [0.15, 0.2) is 74.3 Å². The molecule has 2 aliphatic rings. The summed E-state index contributed by atoms with van der Waals surface area (Å²) in [5.74, 6) is 0.472. The van der Waals surface area contributed by atoms with Crippen molar-refractivity contribution in [3.8, 4) is 11.1 Å². The van der Waals surface area contributed by atoms with E-state index in [9.17, 15) is 9.59 Å². The molecule has 0 aliphatic carbocycles. The lowest BCUT2D eigenvalue weighted by molar-refractivity contribution is -0.117. The third kappa shape index (κ3) is 5.40. The van der Waals surface area contributed by atoms with Crippen molar-refractivity contribution in [2.75, 3.05) is 56.2 Å². The largest absolute Gasteiger partial charge is 0.455 e. The van der Waals surface area contributed by atoms with Gasteiger partial charge in [-0.3, -0.25) is 14.5 Å². The van der Waals surface area contributed by atoms with E-state index >= 15 is 0 Å². The highest BCUT2D eigenvalue weighted by Gasteiger charge is 2.24. The van der Waals surface area contributed by atoms with E-state index in [0.717, 1.165) is 35.0 Å². The smallest absolute Gasteiger partial charge is 0.225 e. The van der Waals surface area contributed by atoms with Crippen LogP contribution in [0, 0.1) is 0 Å². The summed E-state index contributed by atoms with van der Waals surface area (Å²) >= 11 is 0. The molecule has 2 saturated heterocycles. The number of hydrogen-bond donors (Lipinski definition) is 1. The fourth-order valence-electron chi connectivity index (χ4n) is 6.40. The molecule has 2 atom stereocenters. The molecule has 7 rings (SSSR count). The number of ether oxygens (including phenoxy) is 2. The average Bonchev–Trinajstić information content (AvgIpc) is 3.40. The monoisotopic (exact) mass is 581 g/mol. The lowest BCUT2D eigenvalue weighted by Crippen LogP contribution is -2.46. The minimum absolute atomic E-state index is 0.0579. The molecule has 0 radical (unpaired) electrons. The number of rotatable bonds is 6. The van der Waals surface area contributed by atoms with Crippen LogP contribution in [0.1, 0.15) is 20.3 Å². The van der Waals surface area contributed by atoms with Crippen molar-refractivity contribution in [2.24, 2.45) is 0 Å². The first-order chi connectivity index (χ1) is 20.9. The van der Waals surface area contributed by atoms with Gasteiger partial charge < -0.3 is 28.5 Å². The van der Waals surface area contributed by atoms with Crippen LogP contribution in [0.25, 0.3) is 44.0 Å². The average molecular weight is 582 g/mol. The molecule has 2 fully saturated rings. The summed E-state index contributed by atoms with van der Waals surface area (Å²) in [6.45, 7) is 8.91. The molecule has 0 bridgehead atoms. The van der Waals surface area contributed by atoms with Gasteiger partial charge in [0.1, 0.15) is 16.7 Å². The van der Waals surface area contributed by atoms with Crippen molar-refractivity contribution in [1.29, 1.82) is 0 Å². The van der Waals surface area contributed by atoms with Gasteiger partial charge in [0.25, 0.3) is 0 Å². The minimum Gasteiger partial charge on any atom is -0.455 e. The molecule has 1 amide bonds. The van der Waals surface area contributed by atoms with Gasteiger partial charge in [0.2, 0.25) is 5.91 Å². The normalized spacial score (nSPS) is 19.8. The summed E-state index contributed by atoms with van der Waals surface area (Å²) in [5.41, 5.74) is 3.97. The molecule has 0 spiro atoms. The lowest BCUT2D eigenvalue weighted by Gasteiger charge is -2.35. The van der Waals surface area contributed by atoms with E-state index in [1.54, 1.807) is 12.1 Å². The Morgan fingerprint density at radius 2 is 1.63 bits per heavy atom. The molecule has 4 heterocycles. The second-order valence-corrected chi connectivity index (χ2v) is 11.5. The third-order valence-corrected chi connectivity index (χ3v) is 8.31. The maximum absolute atomic E-state index is 13.2. The molecule has 2 aromatic heterocycles. The van der Waals surface area contributed by atoms with E-state index in [4.69, 9.17) is 18.3 Å². The van der Waals surface area contributed by atoms with Crippen molar-refractivity contribution in [1.82, 2.24) is 4.90 Å². The molecule has 0 saturated carbocycles. The van der Waals surface area contributed by atoms with E-state index in [1.165, 1.54) is 0 Å². The first-order valence-electron chi connectivity index (χ1n) is 15.0. The van der Waals surface area contributed by atoms with Crippen LogP contribution in [0.5, 0.6) is 0 Å². The van der Waals surface area contributed by atoms with Crippen molar-refractivity contribution in [2.45, 2.75) is 32.5 Å². The summed E-state index contributed by atoms with van der Waals surface area (Å²) in [6, 6.07) is 18.8. The number of furan rings is 1. The van der Waals surface area contributed by atoms with E-state index < -0.39 is 0 Å². The van der Waals surface area contributed by atoms with Crippen LogP contribution in [0.2, 0.25) is 0 Å². The first kappa shape index (κ1) is 27.6. The molecule has 0 unspecified atom stereocenters. The summed E-state index contributed by atoms with van der Waals surface area (Å²) in [5, 5.41) is 5.38. The molecule has 2 aliphatic heterocycles. The Balaban J connectivity index is 1.27. The van der Waals surface area contributed by atoms with E-state index in [0.29, 0.717) is 73.0 Å². The number of amides is 1. The Kier molecular flexibility index (Phi) is 7.38. The van der Waals surface area contributed by atoms with Crippen molar-refractivity contribution >= 4 is 50.4 Å². The van der Waals surface area contributed by atoms with Crippen LogP contribution < -0.4 is 15.6 Å². The van der Waals surface area contributed by atoms with Gasteiger partial charge in [-0.05, 0) is 38.1 Å². The number of benzene rings is 3. The quantitative estimate of drug-likeness (QED) is 0.276. The Morgan fingerprint density at radius 1 is 0.884 bits per heavy atom. The summed E-state index contributed by atoms with van der Waals surface area (Å²) in [4.78, 5) is 30.7. The zero-order valence-corrected chi connectivity index (χ0v) is 24.4. The number of morpholine rings is 2. The standard InChI is InChI=1S/C34H35N3O6/c1-21-19-36(20-22(2)41-21)13-12-30(39)35-27-11-10-24(34-32(27)26-6-3-4-9-29(26)42-34)23-7-5-8-25-28(38)18-31(43-33(23)25)37-14-16-40-17-15-37/h3-11,18,21-22H,12-17,19-20H2,1-2H3,(H,35,39)/t21-,22+. The summed E-state index contributed by atoms with van der Waals surface area (Å²) in [6.07, 6.45) is 0.677. The van der Waals surface area contributed by atoms with Gasteiger partial charge in [0.15, 0.2) is 11.3 Å².